The minimum Gasteiger partial charge on any atom is -0.327 e. The second kappa shape index (κ2) is 7.11. The molecule has 0 aliphatic heterocycles. The molecule has 0 bridgehead atoms. The Bertz CT molecular complexity index is 588. The Morgan fingerprint density at radius 3 is 2.70 bits per heavy atom. The van der Waals surface area contributed by atoms with E-state index in [-0.39, 0.29) is 11.9 Å². The molecule has 20 heavy (non-hydrogen) atoms. The summed E-state index contributed by atoms with van der Waals surface area (Å²) in [6, 6.07) is 12.4. The summed E-state index contributed by atoms with van der Waals surface area (Å²) in [4.78, 5) is 1.80. The van der Waals surface area contributed by atoms with Crippen molar-refractivity contribution in [3.8, 4) is 0 Å². The fourth-order valence-corrected chi connectivity index (χ4v) is 3.22. The van der Waals surface area contributed by atoms with E-state index in [1.165, 1.54) is 23.9 Å². The van der Waals surface area contributed by atoms with Crippen LogP contribution in [0.1, 0.15) is 18.9 Å². The molecule has 0 heterocycles. The molecule has 0 fully saturated rings. The second-order valence-electron chi connectivity index (χ2n) is 4.66. The fraction of sp³-hybridized carbons (Fsp3) is 0.250. The number of rotatable bonds is 5. The second-order valence-corrected chi connectivity index (χ2v) is 6.15. The van der Waals surface area contributed by atoms with Gasteiger partial charge in [-0.2, -0.15) is 0 Å². The molecule has 0 amide bonds. The van der Waals surface area contributed by atoms with Crippen LogP contribution in [0.25, 0.3) is 0 Å². The number of halogens is 2. The molecule has 4 heteroatoms. The minimum atomic E-state index is -0.242. The van der Waals surface area contributed by atoms with Crippen molar-refractivity contribution < 1.29 is 4.39 Å². The SMILES string of the molecule is CCC(N)Cc1cccc(Cl)c1Sc1cccc(F)c1. The van der Waals surface area contributed by atoms with Gasteiger partial charge in [-0.1, -0.05) is 48.5 Å². The van der Waals surface area contributed by atoms with Gasteiger partial charge in [0.2, 0.25) is 0 Å². The van der Waals surface area contributed by atoms with Crippen LogP contribution in [0.5, 0.6) is 0 Å². The Kier molecular flexibility index (Phi) is 5.46. The first-order valence-corrected chi connectivity index (χ1v) is 7.76. The minimum absolute atomic E-state index is 0.111. The number of hydrogen-bond donors (Lipinski definition) is 1. The van der Waals surface area contributed by atoms with Gasteiger partial charge in [0.1, 0.15) is 5.82 Å². The first kappa shape index (κ1) is 15.4. The highest BCUT2D eigenvalue weighted by Gasteiger charge is 2.11. The van der Waals surface area contributed by atoms with Crippen molar-refractivity contribution >= 4 is 23.4 Å². The molecule has 2 N–H and O–H groups in total. The predicted molar refractivity (Wildman–Crippen MR) is 83.9 cm³/mol. The van der Waals surface area contributed by atoms with Crippen LogP contribution in [0.3, 0.4) is 0 Å². The summed E-state index contributed by atoms with van der Waals surface area (Å²) in [5, 5.41) is 0.681. The van der Waals surface area contributed by atoms with E-state index in [1.54, 1.807) is 6.07 Å². The predicted octanol–water partition coefficient (Wildman–Crippen LogP) is 4.91. The van der Waals surface area contributed by atoms with E-state index in [4.69, 9.17) is 17.3 Å². The van der Waals surface area contributed by atoms with Crippen molar-refractivity contribution in [3.05, 3.63) is 58.9 Å². The van der Waals surface area contributed by atoms with Crippen LogP contribution >= 0.6 is 23.4 Å². The van der Waals surface area contributed by atoms with Gasteiger partial charge in [0.15, 0.2) is 0 Å². The molecule has 0 saturated carbocycles. The third-order valence-corrected chi connectivity index (χ3v) is 4.67. The zero-order valence-corrected chi connectivity index (χ0v) is 12.8. The Morgan fingerprint density at radius 2 is 2.00 bits per heavy atom. The van der Waals surface area contributed by atoms with Crippen molar-refractivity contribution in [1.29, 1.82) is 0 Å². The smallest absolute Gasteiger partial charge is 0.124 e. The first-order chi connectivity index (χ1) is 9.60. The highest BCUT2D eigenvalue weighted by Crippen LogP contribution is 2.36. The van der Waals surface area contributed by atoms with Gasteiger partial charge in [-0.25, -0.2) is 4.39 Å². The van der Waals surface area contributed by atoms with Gasteiger partial charge in [0, 0.05) is 15.8 Å². The fourth-order valence-electron chi connectivity index (χ4n) is 1.90. The molecule has 2 aromatic carbocycles. The van der Waals surface area contributed by atoms with E-state index >= 15 is 0 Å². The van der Waals surface area contributed by atoms with Crippen molar-refractivity contribution in [2.24, 2.45) is 5.73 Å². The molecule has 0 spiro atoms. The van der Waals surface area contributed by atoms with E-state index < -0.39 is 0 Å². The van der Waals surface area contributed by atoms with Crippen molar-refractivity contribution in [2.45, 2.75) is 35.6 Å². The summed E-state index contributed by atoms with van der Waals surface area (Å²) in [6.45, 7) is 2.06. The maximum Gasteiger partial charge on any atom is 0.124 e. The van der Waals surface area contributed by atoms with E-state index in [9.17, 15) is 4.39 Å². The van der Waals surface area contributed by atoms with Crippen molar-refractivity contribution in [1.82, 2.24) is 0 Å². The molecule has 106 valence electrons. The lowest BCUT2D eigenvalue weighted by Crippen LogP contribution is -2.21. The lowest BCUT2D eigenvalue weighted by molar-refractivity contribution is 0.624. The summed E-state index contributed by atoms with van der Waals surface area (Å²) in [5.41, 5.74) is 7.14. The molecule has 1 unspecified atom stereocenters. The molecular weight excluding hydrogens is 293 g/mol. The van der Waals surface area contributed by atoms with Gasteiger partial charge < -0.3 is 5.73 Å². The summed E-state index contributed by atoms with van der Waals surface area (Å²) in [6.07, 6.45) is 1.69. The summed E-state index contributed by atoms with van der Waals surface area (Å²) in [5.74, 6) is -0.242. The molecular formula is C16H17ClFNS. The van der Waals surface area contributed by atoms with Gasteiger partial charge in [-0.05, 0) is 42.7 Å². The van der Waals surface area contributed by atoms with Crippen LogP contribution in [0.2, 0.25) is 5.02 Å². The summed E-state index contributed by atoms with van der Waals surface area (Å²) >= 11 is 7.77. The summed E-state index contributed by atoms with van der Waals surface area (Å²) < 4.78 is 13.3. The monoisotopic (exact) mass is 309 g/mol. The third kappa shape index (κ3) is 3.98. The van der Waals surface area contributed by atoms with Gasteiger partial charge in [-0.3, -0.25) is 0 Å². The molecule has 1 nitrogen and oxygen atoms in total. The normalized spacial score (nSPS) is 12.4. The van der Waals surface area contributed by atoms with Crippen molar-refractivity contribution in [2.75, 3.05) is 0 Å². The standard InChI is InChI=1S/C16H17ClFNS/c1-2-13(19)9-11-5-3-8-15(17)16(11)20-14-7-4-6-12(18)10-14/h3-8,10,13H,2,9,19H2,1H3. The highest BCUT2D eigenvalue weighted by atomic mass is 35.5. The van der Waals surface area contributed by atoms with E-state index in [0.717, 1.165) is 28.2 Å². The summed E-state index contributed by atoms with van der Waals surface area (Å²) in [7, 11) is 0. The van der Waals surface area contributed by atoms with Crippen LogP contribution in [0, 0.1) is 5.82 Å². The topological polar surface area (TPSA) is 26.0 Å². The Labute approximate surface area is 128 Å². The molecule has 2 aromatic rings. The Hall–Kier alpha value is -1.03. The maximum absolute atomic E-state index is 13.3. The lowest BCUT2D eigenvalue weighted by Gasteiger charge is -2.14. The number of nitrogens with two attached hydrogens (primary N) is 1. The molecule has 0 saturated heterocycles. The average Bonchev–Trinajstić information content (AvgIpc) is 2.42. The Balaban J connectivity index is 2.30. The van der Waals surface area contributed by atoms with Crippen LogP contribution in [-0.2, 0) is 6.42 Å². The van der Waals surface area contributed by atoms with Gasteiger partial charge in [0.05, 0.1) is 5.02 Å². The zero-order valence-electron chi connectivity index (χ0n) is 11.3. The lowest BCUT2D eigenvalue weighted by atomic mass is 10.0. The number of benzene rings is 2. The van der Waals surface area contributed by atoms with Gasteiger partial charge in [0.25, 0.3) is 0 Å². The molecule has 0 aliphatic carbocycles. The highest BCUT2D eigenvalue weighted by molar-refractivity contribution is 7.99. The molecule has 0 aromatic heterocycles. The first-order valence-electron chi connectivity index (χ1n) is 6.56. The Morgan fingerprint density at radius 1 is 1.25 bits per heavy atom. The van der Waals surface area contributed by atoms with Gasteiger partial charge >= 0.3 is 0 Å². The van der Waals surface area contributed by atoms with E-state index in [2.05, 4.69) is 6.92 Å². The average molecular weight is 310 g/mol. The van der Waals surface area contributed by atoms with Crippen molar-refractivity contribution in [3.63, 3.8) is 0 Å². The van der Waals surface area contributed by atoms with E-state index in [0.29, 0.717) is 5.02 Å². The van der Waals surface area contributed by atoms with Gasteiger partial charge in [-0.15, -0.1) is 0 Å². The molecule has 0 aliphatic rings. The van der Waals surface area contributed by atoms with Crippen LogP contribution in [0.4, 0.5) is 4.39 Å². The third-order valence-electron chi connectivity index (χ3n) is 3.07. The zero-order chi connectivity index (χ0) is 14.5. The molecule has 2 rings (SSSR count). The van der Waals surface area contributed by atoms with Crippen LogP contribution in [0.15, 0.2) is 52.3 Å². The number of hydrogen-bond acceptors (Lipinski definition) is 2. The maximum atomic E-state index is 13.3. The largest absolute Gasteiger partial charge is 0.327 e. The van der Waals surface area contributed by atoms with Crippen LogP contribution < -0.4 is 5.73 Å². The molecule has 0 radical (unpaired) electrons. The molecule has 1 atom stereocenters. The van der Waals surface area contributed by atoms with Crippen LogP contribution in [-0.4, -0.2) is 6.04 Å². The van der Waals surface area contributed by atoms with E-state index in [1.807, 2.05) is 24.3 Å². The quantitative estimate of drug-likeness (QED) is 0.849.